The van der Waals surface area contributed by atoms with Gasteiger partial charge in [0, 0.05) is 0 Å². The van der Waals surface area contributed by atoms with Crippen LogP contribution in [0.3, 0.4) is 0 Å². The molecule has 0 saturated carbocycles. The van der Waals surface area contributed by atoms with E-state index < -0.39 is 0 Å². The second kappa shape index (κ2) is 6.67. The van der Waals surface area contributed by atoms with Gasteiger partial charge in [-0.3, -0.25) is 0 Å². The third kappa shape index (κ3) is 7.08. The molecule has 0 aliphatic carbocycles. The molecule has 66 valence electrons. The zero-order valence-electron chi connectivity index (χ0n) is 8.22. The van der Waals surface area contributed by atoms with Crippen molar-refractivity contribution in [2.45, 2.75) is 40.0 Å². The summed E-state index contributed by atoms with van der Waals surface area (Å²) < 4.78 is 0. The number of nitrogens with zero attached hydrogens (tertiary/aromatic N) is 1. The summed E-state index contributed by atoms with van der Waals surface area (Å²) in [6, 6.07) is 2.11. The first-order valence-electron chi connectivity index (χ1n) is 4.32. The Bertz CT molecular complexity index is 212. The van der Waals surface area contributed by atoms with Gasteiger partial charge in [-0.2, -0.15) is 5.26 Å². The molecule has 1 heteroatoms. The predicted octanol–water partition coefficient (Wildman–Crippen LogP) is 3.59. The van der Waals surface area contributed by atoms with Crippen molar-refractivity contribution >= 4 is 0 Å². The Morgan fingerprint density at radius 2 is 1.92 bits per heavy atom. The Hall–Kier alpha value is -1.03. The van der Waals surface area contributed by atoms with Gasteiger partial charge in [-0.25, -0.2) is 0 Å². The molecule has 0 amide bonds. The van der Waals surface area contributed by atoms with Gasteiger partial charge >= 0.3 is 0 Å². The summed E-state index contributed by atoms with van der Waals surface area (Å²) in [6.45, 7) is 6.29. The molecule has 0 aliphatic rings. The first-order valence-corrected chi connectivity index (χ1v) is 4.32. The molecule has 0 aromatic heterocycles. The van der Waals surface area contributed by atoms with Crippen molar-refractivity contribution in [3.63, 3.8) is 0 Å². The van der Waals surface area contributed by atoms with Gasteiger partial charge in [0.25, 0.3) is 0 Å². The van der Waals surface area contributed by atoms with Crippen molar-refractivity contribution in [2.75, 3.05) is 0 Å². The molecule has 0 rings (SSSR count). The van der Waals surface area contributed by atoms with E-state index in [1.54, 1.807) is 0 Å². The van der Waals surface area contributed by atoms with E-state index in [-0.39, 0.29) is 0 Å². The van der Waals surface area contributed by atoms with E-state index in [2.05, 4.69) is 32.9 Å². The monoisotopic (exact) mass is 163 g/mol. The molecule has 0 atom stereocenters. The van der Waals surface area contributed by atoms with Crippen LogP contribution in [0.5, 0.6) is 0 Å². The molecule has 0 aromatic carbocycles. The van der Waals surface area contributed by atoms with Crippen molar-refractivity contribution in [2.24, 2.45) is 0 Å². The number of nitriles is 1. The van der Waals surface area contributed by atoms with E-state index in [1.165, 1.54) is 11.1 Å². The van der Waals surface area contributed by atoms with Crippen LogP contribution in [0.25, 0.3) is 0 Å². The van der Waals surface area contributed by atoms with Crippen molar-refractivity contribution in [1.82, 2.24) is 0 Å². The van der Waals surface area contributed by atoms with Crippen LogP contribution in [-0.2, 0) is 0 Å². The molecule has 0 heterocycles. The lowest BCUT2D eigenvalue weighted by atomic mass is 10.1. The fourth-order valence-corrected chi connectivity index (χ4v) is 0.910. The molecule has 12 heavy (non-hydrogen) atoms. The summed E-state index contributed by atoms with van der Waals surface area (Å²) in [6.07, 6.45) is 6.94. The maximum Gasteiger partial charge on any atom is 0.0663 e. The molecule has 0 aliphatic heterocycles. The lowest BCUT2D eigenvalue weighted by Gasteiger charge is -1.96. The largest absolute Gasteiger partial charge is 0.198 e. The zero-order chi connectivity index (χ0) is 9.40. The molecule has 0 fully saturated rings. The van der Waals surface area contributed by atoms with Gasteiger partial charge in [0.15, 0.2) is 0 Å². The van der Waals surface area contributed by atoms with Gasteiger partial charge in [0.1, 0.15) is 0 Å². The Morgan fingerprint density at radius 3 is 2.42 bits per heavy atom. The van der Waals surface area contributed by atoms with Crippen LogP contribution in [-0.4, -0.2) is 0 Å². The summed E-state index contributed by atoms with van der Waals surface area (Å²) in [4.78, 5) is 0. The molecule has 0 N–H and O–H groups in total. The predicted molar refractivity (Wildman–Crippen MR) is 52.7 cm³/mol. The van der Waals surface area contributed by atoms with E-state index in [9.17, 15) is 0 Å². The third-order valence-corrected chi connectivity index (χ3v) is 1.63. The van der Waals surface area contributed by atoms with Crippen LogP contribution in [0.4, 0.5) is 0 Å². The van der Waals surface area contributed by atoms with E-state index in [0.29, 0.717) is 6.42 Å². The molecule has 0 unspecified atom stereocenters. The second-order valence-corrected chi connectivity index (χ2v) is 3.23. The number of allylic oxidation sites excluding steroid dienone is 4. The van der Waals surface area contributed by atoms with Gasteiger partial charge in [-0.05, 0) is 33.6 Å². The number of hydrogen-bond donors (Lipinski definition) is 0. The summed E-state index contributed by atoms with van der Waals surface area (Å²) in [7, 11) is 0. The van der Waals surface area contributed by atoms with Crippen LogP contribution in [0.1, 0.15) is 40.0 Å². The molecular weight excluding hydrogens is 146 g/mol. The van der Waals surface area contributed by atoms with Crippen LogP contribution in [0.2, 0.25) is 0 Å². The summed E-state index contributed by atoms with van der Waals surface area (Å²) in [5.41, 5.74) is 2.68. The highest BCUT2D eigenvalue weighted by atomic mass is 14.2. The summed E-state index contributed by atoms with van der Waals surface area (Å²) in [5.74, 6) is 0. The Kier molecular flexibility index (Phi) is 6.09. The van der Waals surface area contributed by atoms with Crippen molar-refractivity contribution in [3.05, 3.63) is 23.3 Å². The topological polar surface area (TPSA) is 23.8 Å². The lowest BCUT2D eigenvalue weighted by Crippen LogP contribution is -1.76. The van der Waals surface area contributed by atoms with Gasteiger partial charge in [0.05, 0.1) is 12.5 Å². The molecule has 0 bridgehead atoms. The average Bonchev–Trinajstić information content (AvgIpc) is 2.00. The van der Waals surface area contributed by atoms with E-state index in [1.807, 2.05) is 6.08 Å². The number of hydrogen-bond acceptors (Lipinski definition) is 1. The standard InChI is InChI=1S/C11H17N/c1-10(2)6-4-7-11(3)8-5-9-12/h6,8H,4-5,7H2,1-3H3/b11-8+. The fraction of sp³-hybridized carbons (Fsp3) is 0.545. The minimum Gasteiger partial charge on any atom is -0.198 e. The Labute approximate surface area is 75.4 Å². The van der Waals surface area contributed by atoms with Crippen molar-refractivity contribution in [1.29, 1.82) is 5.26 Å². The fourth-order valence-electron chi connectivity index (χ4n) is 0.910. The first-order chi connectivity index (χ1) is 5.66. The highest BCUT2D eigenvalue weighted by Gasteiger charge is 1.87. The maximum atomic E-state index is 8.32. The van der Waals surface area contributed by atoms with E-state index >= 15 is 0 Å². The molecule has 1 nitrogen and oxygen atoms in total. The van der Waals surface area contributed by atoms with Gasteiger partial charge in [-0.15, -0.1) is 0 Å². The molecule has 0 aromatic rings. The zero-order valence-corrected chi connectivity index (χ0v) is 8.22. The highest BCUT2D eigenvalue weighted by molar-refractivity contribution is 5.04. The van der Waals surface area contributed by atoms with Crippen LogP contribution in [0.15, 0.2) is 23.3 Å². The number of rotatable bonds is 4. The molecule has 0 radical (unpaired) electrons. The Morgan fingerprint density at radius 1 is 1.25 bits per heavy atom. The van der Waals surface area contributed by atoms with Crippen LogP contribution in [0, 0.1) is 11.3 Å². The van der Waals surface area contributed by atoms with Crippen LogP contribution >= 0.6 is 0 Å². The maximum absolute atomic E-state index is 8.32. The lowest BCUT2D eigenvalue weighted by molar-refractivity contribution is 0.959. The molecule has 0 saturated heterocycles. The summed E-state index contributed by atoms with van der Waals surface area (Å²) in [5, 5.41) is 8.32. The van der Waals surface area contributed by atoms with E-state index in [0.717, 1.165) is 12.8 Å². The molecule has 0 spiro atoms. The SMILES string of the molecule is CC(C)=CCC/C(C)=C/CC#N. The normalized spacial score (nSPS) is 10.7. The average molecular weight is 163 g/mol. The van der Waals surface area contributed by atoms with Crippen molar-refractivity contribution in [3.8, 4) is 6.07 Å². The minimum absolute atomic E-state index is 0.542. The van der Waals surface area contributed by atoms with Gasteiger partial charge in [-0.1, -0.05) is 23.3 Å². The second-order valence-electron chi connectivity index (χ2n) is 3.23. The van der Waals surface area contributed by atoms with Gasteiger partial charge in [0.2, 0.25) is 0 Å². The summed E-state index contributed by atoms with van der Waals surface area (Å²) >= 11 is 0. The third-order valence-electron chi connectivity index (χ3n) is 1.63. The van der Waals surface area contributed by atoms with Crippen LogP contribution < -0.4 is 0 Å². The van der Waals surface area contributed by atoms with Gasteiger partial charge < -0.3 is 0 Å². The smallest absolute Gasteiger partial charge is 0.0663 e. The quantitative estimate of drug-likeness (QED) is 0.581. The molecular formula is C11H17N. The highest BCUT2D eigenvalue weighted by Crippen LogP contribution is 2.06. The minimum atomic E-state index is 0.542. The van der Waals surface area contributed by atoms with Crippen molar-refractivity contribution < 1.29 is 0 Å². The van der Waals surface area contributed by atoms with E-state index in [4.69, 9.17) is 5.26 Å². The Balaban J connectivity index is 3.65. The first kappa shape index (κ1) is 11.0.